The number of aromatic nitrogens is 1. The molecule has 0 radical (unpaired) electrons. The van der Waals surface area contributed by atoms with Crippen molar-refractivity contribution in [1.82, 2.24) is 47.1 Å². The van der Waals surface area contributed by atoms with Crippen molar-refractivity contribution in [3.05, 3.63) is 71.9 Å². The number of primary amides is 1. The van der Waals surface area contributed by atoms with Gasteiger partial charge in [-0.3, -0.25) is 53.1 Å². The van der Waals surface area contributed by atoms with Gasteiger partial charge in [0.25, 0.3) is 0 Å². The third-order valence-corrected chi connectivity index (χ3v) is 12.7. The number of fused-ring (bicyclic) bond motifs is 2. The van der Waals surface area contributed by atoms with Gasteiger partial charge in [-0.05, 0) is 62.1 Å². The van der Waals surface area contributed by atoms with Gasteiger partial charge in [-0.2, -0.15) is 0 Å². The van der Waals surface area contributed by atoms with Gasteiger partial charge < -0.3 is 80.9 Å². The summed E-state index contributed by atoms with van der Waals surface area (Å²) in [6, 6.07) is 6.42. The van der Waals surface area contributed by atoms with Crippen LogP contribution in [0.3, 0.4) is 0 Å². The predicted octanol–water partition coefficient (Wildman–Crippen LogP) is -3.87. The number of para-hydroxylation sites is 1. The summed E-state index contributed by atoms with van der Waals surface area (Å²) in [6.07, 6.45) is -0.260. The van der Waals surface area contributed by atoms with E-state index in [2.05, 4.69) is 52.2 Å². The molecule has 3 heterocycles. The number of nitrogens with one attached hydrogen (secondary N) is 8. The summed E-state index contributed by atoms with van der Waals surface area (Å²) in [5.74, 6) is -7.36. The van der Waals surface area contributed by atoms with E-state index >= 15 is 0 Å². The van der Waals surface area contributed by atoms with Crippen LogP contribution in [-0.2, 0) is 56.0 Å². The molecule has 2 saturated heterocycles. The van der Waals surface area contributed by atoms with Gasteiger partial charge in [-0.15, -0.1) is 0 Å². The number of hydrogen-bond donors (Lipinski definition) is 14. The van der Waals surface area contributed by atoms with Gasteiger partial charge in [0.15, 0.2) is 11.9 Å². The topological polar surface area (TPSA) is 432 Å². The van der Waals surface area contributed by atoms with Crippen LogP contribution in [0.5, 0.6) is 0 Å². The summed E-state index contributed by atoms with van der Waals surface area (Å²) in [5, 5.41) is 30.5. The molecule has 3 aromatic rings. The van der Waals surface area contributed by atoms with Crippen molar-refractivity contribution in [1.29, 1.82) is 0 Å². The molecule has 9 amide bonds. The lowest BCUT2D eigenvalue weighted by atomic mass is 10.0. The minimum Gasteiger partial charge on any atom is -0.391 e. The van der Waals surface area contributed by atoms with E-state index < -0.39 is 102 Å². The Balaban J connectivity index is 1.53. The summed E-state index contributed by atoms with van der Waals surface area (Å²) in [4.78, 5) is 137. The monoisotopic (exact) mass is 1040 g/mol. The van der Waals surface area contributed by atoms with Crippen molar-refractivity contribution in [2.75, 3.05) is 26.2 Å². The van der Waals surface area contributed by atoms with Crippen LogP contribution in [0, 0.1) is 0 Å². The number of benzene rings is 2. The SMILES string of the molecule is CC(=O)N[C@@H](CCCN=C(N)N)C(=O)N[C@H]1CCC(=O)NCCC[C@@H](C(N)=O)NC(=O)[C@H](Cc2c[nH]c3ccccc23)NC(=O)[C@H](CCCN=C(N)N)NC(=O)[C@@H](Cc2ccccc2)NC(=O)[C@@H]2C[C@@H](O)CN2C1=O. The number of guanidine groups is 2. The van der Waals surface area contributed by atoms with Crippen LogP contribution in [-0.4, -0.2) is 155 Å². The highest BCUT2D eigenvalue weighted by Crippen LogP contribution is 2.23. The highest BCUT2D eigenvalue weighted by atomic mass is 16.3. The van der Waals surface area contributed by atoms with E-state index in [1.807, 2.05) is 18.2 Å². The first-order valence-electron chi connectivity index (χ1n) is 24.8. The van der Waals surface area contributed by atoms with Gasteiger partial charge in [-0.25, -0.2) is 0 Å². The second kappa shape index (κ2) is 28.2. The fourth-order valence-electron chi connectivity index (χ4n) is 8.88. The number of carbonyl (C=O) groups excluding carboxylic acids is 9. The smallest absolute Gasteiger partial charge is 0.245 e. The molecule has 0 aliphatic carbocycles. The lowest BCUT2D eigenvalue weighted by Gasteiger charge is -2.31. The number of aliphatic imine (C=N–C) groups is 2. The van der Waals surface area contributed by atoms with E-state index in [0.717, 1.165) is 15.8 Å². The van der Waals surface area contributed by atoms with Crippen LogP contribution in [0.15, 0.2) is 70.8 Å². The Labute approximate surface area is 432 Å². The number of hydrogen-bond acceptors (Lipinski definition) is 12. The molecule has 75 heavy (non-hydrogen) atoms. The summed E-state index contributed by atoms with van der Waals surface area (Å²) in [7, 11) is 0. The first-order valence-corrected chi connectivity index (χ1v) is 24.8. The number of nitrogens with two attached hydrogens (primary N) is 5. The molecule has 2 aliphatic rings. The van der Waals surface area contributed by atoms with Gasteiger partial charge in [0.05, 0.1) is 6.10 Å². The van der Waals surface area contributed by atoms with Crippen LogP contribution in [0.1, 0.15) is 75.8 Å². The molecule has 8 atom stereocenters. The molecule has 2 aromatic carbocycles. The van der Waals surface area contributed by atoms with Crippen molar-refractivity contribution in [2.45, 2.75) is 126 Å². The number of aromatic amines is 1. The predicted molar refractivity (Wildman–Crippen MR) is 276 cm³/mol. The van der Waals surface area contributed by atoms with Gasteiger partial charge in [0, 0.05) is 75.9 Å². The maximum absolute atomic E-state index is 14.6. The van der Waals surface area contributed by atoms with Gasteiger partial charge in [-0.1, -0.05) is 48.5 Å². The second-order valence-electron chi connectivity index (χ2n) is 18.5. The molecule has 0 bridgehead atoms. The molecule has 0 saturated carbocycles. The molecule has 26 nitrogen and oxygen atoms in total. The Morgan fingerprint density at radius 1 is 0.773 bits per heavy atom. The lowest BCUT2D eigenvalue weighted by molar-refractivity contribution is -0.143. The maximum atomic E-state index is 14.6. The number of rotatable bonds is 16. The number of H-pyrrole nitrogens is 1. The fraction of sp³-hybridized carbons (Fsp3) is 0.490. The van der Waals surface area contributed by atoms with E-state index in [4.69, 9.17) is 28.7 Å². The summed E-state index contributed by atoms with van der Waals surface area (Å²) in [5.41, 5.74) is 29.8. The van der Waals surface area contributed by atoms with Crippen LogP contribution in [0.4, 0.5) is 0 Å². The van der Waals surface area contributed by atoms with Gasteiger partial charge in [0.2, 0.25) is 53.2 Å². The molecule has 26 heteroatoms. The van der Waals surface area contributed by atoms with Crippen molar-refractivity contribution in [3.8, 4) is 0 Å². The second-order valence-corrected chi connectivity index (χ2v) is 18.5. The largest absolute Gasteiger partial charge is 0.391 e. The molecular weight excluding hydrogens is 973 g/mol. The lowest BCUT2D eigenvalue weighted by Crippen LogP contribution is -2.60. The average Bonchev–Trinajstić information content (AvgIpc) is 3.97. The minimum atomic E-state index is -1.49. The minimum absolute atomic E-state index is 0.0225. The molecular formula is C49H70N16O10. The molecule has 406 valence electrons. The Kier molecular flexibility index (Phi) is 21.7. The first kappa shape index (κ1) is 57.6. The van der Waals surface area contributed by atoms with E-state index in [-0.39, 0.29) is 109 Å². The van der Waals surface area contributed by atoms with E-state index in [1.165, 1.54) is 6.92 Å². The number of aliphatic hydroxyl groups excluding tert-OH is 1. The third-order valence-electron chi connectivity index (χ3n) is 12.7. The van der Waals surface area contributed by atoms with Crippen molar-refractivity contribution in [2.24, 2.45) is 38.7 Å². The molecule has 0 unspecified atom stereocenters. The maximum Gasteiger partial charge on any atom is 0.245 e. The molecule has 19 N–H and O–H groups in total. The molecule has 2 aliphatic heterocycles. The number of aliphatic hydroxyl groups is 1. The van der Waals surface area contributed by atoms with Crippen LogP contribution in [0.25, 0.3) is 10.9 Å². The Hall–Kier alpha value is -8.29. The van der Waals surface area contributed by atoms with E-state index in [1.54, 1.807) is 42.6 Å². The summed E-state index contributed by atoms with van der Waals surface area (Å²) in [6.45, 7) is 0.972. The first-order chi connectivity index (χ1) is 35.8. The zero-order valence-electron chi connectivity index (χ0n) is 41.8. The van der Waals surface area contributed by atoms with Gasteiger partial charge in [0.1, 0.15) is 42.3 Å². The van der Waals surface area contributed by atoms with E-state index in [9.17, 15) is 48.3 Å². The quantitative estimate of drug-likeness (QED) is 0.0371. The molecule has 2 fully saturated rings. The van der Waals surface area contributed by atoms with Gasteiger partial charge >= 0.3 is 0 Å². The molecule has 1 aromatic heterocycles. The number of carbonyl (C=O) groups is 9. The van der Waals surface area contributed by atoms with Crippen LogP contribution in [0.2, 0.25) is 0 Å². The highest BCUT2D eigenvalue weighted by Gasteiger charge is 2.43. The number of amides is 9. The summed E-state index contributed by atoms with van der Waals surface area (Å²) >= 11 is 0. The fourth-order valence-corrected chi connectivity index (χ4v) is 8.88. The standard InChI is InChI=1S/C49H70N16O10/c1-27(66)59-34(15-8-20-56-48(51)52)42(70)62-36-17-18-40(68)55-19-7-14-33(41(50)69)60-45(73)38(23-29-25-58-32-13-6-5-12-31(29)32)63-43(71)35(16-9-21-57-49(53)54)61-44(72)37(22-28-10-3-2-4-11-28)64-46(74)39-24-30(67)26-65(39)47(36)75/h2-6,10-13,25,30,33-39,58,67H,7-9,14-24,26H2,1H3,(H2,50,69)(H,55,68)(H,59,66)(H,60,73)(H,61,72)(H,62,70)(H,63,71)(H,64,74)(H4,51,52,56)(H4,53,54,57)/t30-,33+,34+,35+,36+,37-,38+,39+/m1/s1. The van der Waals surface area contributed by atoms with E-state index in [0.29, 0.717) is 11.1 Å². The highest BCUT2D eigenvalue weighted by molar-refractivity contribution is 5.98. The Morgan fingerprint density at radius 2 is 1.40 bits per heavy atom. The Morgan fingerprint density at radius 3 is 2.09 bits per heavy atom. The molecule has 5 rings (SSSR count). The zero-order chi connectivity index (χ0) is 54.6. The van der Waals surface area contributed by atoms with Crippen molar-refractivity contribution < 1.29 is 48.3 Å². The van der Waals surface area contributed by atoms with Crippen LogP contribution < -0.4 is 65.9 Å². The van der Waals surface area contributed by atoms with Crippen LogP contribution >= 0.6 is 0 Å². The number of nitrogens with zero attached hydrogens (tertiary/aromatic N) is 3. The van der Waals surface area contributed by atoms with Crippen molar-refractivity contribution in [3.63, 3.8) is 0 Å². The van der Waals surface area contributed by atoms with Crippen molar-refractivity contribution >= 4 is 76.0 Å². The summed E-state index contributed by atoms with van der Waals surface area (Å²) < 4.78 is 0. The average molecular weight is 1040 g/mol. The normalized spacial score (nSPS) is 23.0. The third kappa shape index (κ3) is 18.0. The molecule has 0 spiro atoms. The Bertz CT molecular complexity index is 2570. The zero-order valence-corrected chi connectivity index (χ0v) is 41.8.